The molecule has 1 aromatic carbocycles. The van der Waals surface area contributed by atoms with Gasteiger partial charge in [0.1, 0.15) is 18.5 Å². The summed E-state index contributed by atoms with van der Waals surface area (Å²) in [6.07, 6.45) is 6.10. The zero-order chi connectivity index (χ0) is 19.9. The van der Waals surface area contributed by atoms with Crippen LogP contribution in [0.25, 0.3) is 0 Å². The minimum Gasteiger partial charge on any atom is -0.491 e. The third-order valence-corrected chi connectivity index (χ3v) is 6.10. The van der Waals surface area contributed by atoms with Gasteiger partial charge in [-0.3, -0.25) is 4.79 Å². The number of nitrogens with zero attached hydrogens (tertiary/aromatic N) is 2. The van der Waals surface area contributed by atoms with Gasteiger partial charge < -0.3 is 19.6 Å². The highest BCUT2D eigenvalue weighted by molar-refractivity contribution is 5.79. The van der Waals surface area contributed by atoms with Gasteiger partial charge >= 0.3 is 0 Å². The van der Waals surface area contributed by atoms with Crippen LogP contribution in [0.1, 0.15) is 49.7 Å². The molecule has 0 spiro atoms. The van der Waals surface area contributed by atoms with Crippen molar-refractivity contribution in [2.24, 2.45) is 5.92 Å². The van der Waals surface area contributed by atoms with Gasteiger partial charge in [0.05, 0.1) is 0 Å². The molecule has 0 radical (unpaired) electrons. The van der Waals surface area contributed by atoms with Gasteiger partial charge in [0.15, 0.2) is 0 Å². The van der Waals surface area contributed by atoms with Gasteiger partial charge in [-0.25, -0.2) is 0 Å². The standard InChI is InChI=1S/C23H36N2O3/c1-18-7-8-19(2)22(15-18)28-17-21(26)16-24-13-9-20(10-14-24)23(27)25-11-5-3-4-6-12-25/h7-8,15,20-21,26H,3-6,9-14,16-17H2,1-2H3. The number of aliphatic hydroxyl groups is 1. The maximum atomic E-state index is 12.8. The van der Waals surface area contributed by atoms with Gasteiger partial charge in [-0.2, -0.15) is 0 Å². The summed E-state index contributed by atoms with van der Waals surface area (Å²) in [4.78, 5) is 17.2. The normalized spacial score (nSPS) is 20.6. The molecule has 0 aliphatic carbocycles. The minimum atomic E-state index is -0.516. The molecule has 5 heteroatoms. The number of hydrogen-bond acceptors (Lipinski definition) is 4. The van der Waals surface area contributed by atoms with Gasteiger partial charge in [-0.15, -0.1) is 0 Å². The van der Waals surface area contributed by atoms with Crippen LogP contribution in [0.2, 0.25) is 0 Å². The van der Waals surface area contributed by atoms with E-state index in [4.69, 9.17) is 4.74 Å². The molecule has 1 aromatic rings. The van der Waals surface area contributed by atoms with E-state index in [2.05, 4.69) is 15.9 Å². The third-order valence-electron chi connectivity index (χ3n) is 6.10. The first-order valence-corrected chi connectivity index (χ1v) is 10.9. The SMILES string of the molecule is Cc1ccc(C)c(OCC(O)CN2CCC(C(=O)N3CCCCCC3)CC2)c1. The molecule has 1 amide bonds. The molecule has 0 saturated carbocycles. The van der Waals surface area contributed by atoms with Crippen LogP contribution in [0.4, 0.5) is 0 Å². The summed E-state index contributed by atoms with van der Waals surface area (Å²) in [6, 6.07) is 6.13. The number of piperidine rings is 1. The number of carbonyl (C=O) groups is 1. The van der Waals surface area contributed by atoms with Crippen molar-refractivity contribution in [3.8, 4) is 5.75 Å². The van der Waals surface area contributed by atoms with Crippen LogP contribution < -0.4 is 4.74 Å². The lowest BCUT2D eigenvalue weighted by molar-refractivity contribution is -0.137. The molecule has 156 valence electrons. The summed E-state index contributed by atoms with van der Waals surface area (Å²) in [6.45, 7) is 8.61. The van der Waals surface area contributed by atoms with Crippen LogP contribution in [0.3, 0.4) is 0 Å². The molecular formula is C23H36N2O3. The van der Waals surface area contributed by atoms with Crippen molar-refractivity contribution in [3.63, 3.8) is 0 Å². The van der Waals surface area contributed by atoms with Crippen molar-refractivity contribution >= 4 is 5.91 Å². The maximum absolute atomic E-state index is 12.8. The van der Waals surface area contributed by atoms with Crippen molar-refractivity contribution in [2.45, 2.75) is 58.5 Å². The second-order valence-electron chi connectivity index (χ2n) is 8.55. The van der Waals surface area contributed by atoms with Crippen molar-refractivity contribution < 1.29 is 14.6 Å². The van der Waals surface area contributed by atoms with Gasteiger partial charge in [0.2, 0.25) is 5.91 Å². The highest BCUT2D eigenvalue weighted by Gasteiger charge is 2.29. The number of hydrogen-bond donors (Lipinski definition) is 1. The van der Waals surface area contributed by atoms with E-state index in [1.165, 1.54) is 12.8 Å². The van der Waals surface area contributed by atoms with Crippen LogP contribution >= 0.6 is 0 Å². The Hall–Kier alpha value is -1.59. The molecule has 2 saturated heterocycles. The Labute approximate surface area is 169 Å². The van der Waals surface area contributed by atoms with Crippen molar-refractivity contribution in [3.05, 3.63) is 29.3 Å². The lowest BCUT2D eigenvalue weighted by Crippen LogP contribution is -2.45. The smallest absolute Gasteiger partial charge is 0.225 e. The molecule has 1 atom stereocenters. The summed E-state index contributed by atoms with van der Waals surface area (Å²) < 4.78 is 5.83. The van der Waals surface area contributed by atoms with Crippen molar-refractivity contribution in [1.29, 1.82) is 0 Å². The van der Waals surface area contributed by atoms with Gasteiger partial charge in [0, 0.05) is 25.6 Å². The van der Waals surface area contributed by atoms with E-state index in [0.29, 0.717) is 19.1 Å². The van der Waals surface area contributed by atoms with E-state index in [0.717, 1.165) is 68.7 Å². The van der Waals surface area contributed by atoms with E-state index in [1.54, 1.807) is 0 Å². The average Bonchev–Trinajstić information content (AvgIpc) is 2.98. The summed E-state index contributed by atoms with van der Waals surface area (Å²) in [7, 11) is 0. The van der Waals surface area contributed by atoms with Crippen molar-refractivity contribution in [2.75, 3.05) is 39.3 Å². The topological polar surface area (TPSA) is 53.0 Å². The summed E-state index contributed by atoms with van der Waals surface area (Å²) in [5.74, 6) is 1.37. The number of benzene rings is 1. The van der Waals surface area contributed by atoms with Crippen molar-refractivity contribution in [1.82, 2.24) is 9.80 Å². The molecule has 28 heavy (non-hydrogen) atoms. The van der Waals surface area contributed by atoms with E-state index in [1.807, 2.05) is 26.0 Å². The Morgan fingerprint density at radius 2 is 1.79 bits per heavy atom. The summed E-state index contributed by atoms with van der Waals surface area (Å²) in [5.41, 5.74) is 2.25. The lowest BCUT2D eigenvalue weighted by atomic mass is 9.95. The Morgan fingerprint density at radius 3 is 2.46 bits per heavy atom. The number of carbonyl (C=O) groups excluding carboxylic acids is 1. The van der Waals surface area contributed by atoms with E-state index >= 15 is 0 Å². The average molecular weight is 389 g/mol. The quantitative estimate of drug-likeness (QED) is 0.813. The molecule has 2 aliphatic heterocycles. The molecule has 2 fully saturated rings. The second-order valence-corrected chi connectivity index (χ2v) is 8.55. The number of ether oxygens (including phenoxy) is 1. The number of aryl methyl sites for hydroxylation is 2. The Bertz CT molecular complexity index is 633. The lowest BCUT2D eigenvalue weighted by Gasteiger charge is -2.34. The zero-order valence-corrected chi connectivity index (χ0v) is 17.5. The Kier molecular flexibility index (Phi) is 7.74. The number of aliphatic hydroxyl groups excluding tert-OH is 1. The first-order chi connectivity index (χ1) is 13.5. The first-order valence-electron chi connectivity index (χ1n) is 10.9. The first kappa shape index (κ1) is 21.1. The minimum absolute atomic E-state index is 0.165. The number of amides is 1. The van der Waals surface area contributed by atoms with E-state index in [-0.39, 0.29) is 5.92 Å². The highest BCUT2D eigenvalue weighted by Crippen LogP contribution is 2.22. The summed E-state index contributed by atoms with van der Waals surface area (Å²) >= 11 is 0. The number of β-amino-alcohol motifs (C(OH)–C–C–N with tert-alkyl or cyclic N) is 1. The second kappa shape index (κ2) is 10.3. The number of rotatable bonds is 6. The van der Waals surface area contributed by atoms with Crippen LogP contribution in [-0.4, -0.2) is 66.2 Å². The third kappa shape index (κ3) is 5.95. The largest absolute Gasteiger partial charge is 0.491 e. The summed E-state index contributed by atoms with van der Waals surface area (Å²) in [5, 5.41) is 10.4. The molecule has 1 unspecified atom stereocenters. The molecule has 1 N–H and O–H groups in total. The van der Waals surface area contributed by atoms with Gasteiger partial charge in [0.25, 0.3) is 0 Å². The Morgan fingerprint density at radius 1 is 1.11 bits per heavy atom. The molecule has 0 aromatic heterocycles. The molecule has 2 heterocycles. The zero-order valence-electron chi connectivity index (χ0n) is 17.5. The van der Waals surface area contributed by atoms with Crippen LogP contribution in [0.5, 0.6) is 5.75 Å². The molecular weight excluding hydrogens is 352 g/mol. The maximum Gasteiger partial charge on any atom is 0.225 e. The fourth-order valence-electron chi connectivity index (χ4n) is 4.31. The van der Waals surface area contributed by atoms with Crippen LogP contribution in [-0.2, 0) is 4.79 Å². The number of likely N-dealkylation sites (tertiary alicyclic amines) is 2. The molecule has 5 nitrogen and oxygen atoms in total. The van der Waals surface area contributed by atoms with Crippen LogP contribution in [0.15, 0.2) is 18.2 Å². The predicted octanol–water partition coefficient (Wildman–Crippen LogP) is 3.16. The van der Waals surface area contributed by atoms with Gasteiger partial charge in [-0.1, -0.05) is 25.0 Å². The fourth-order valence-corrected chi connectivity index (χ4v) is 4.31. The van der Waals surface area contributed by atoms with E-state index < -0.39 is 6.10 Å². The fraction of sp³-hybridized carbons (Fsp3) is 0.696. The Balaban J connectivity index is 1.39. The highest BCUT2D eigenvalue weighted by atomic mass is 16.5. The monoisotopic (exact) mass is 388 g/mol. The van der Waals surface area contributed by atoms with Crippen LogP contribution in [0, 0.1) is 19.8 Å². The van der Waals surface area contributed by atoms with Gasteiger partial charge in [-0.05, 0) is 69.8 Å². The predicted molar refractivity (Wildman–Crippen MR) is 112 cm³/mol. The van der Waals surface area contributed by atoms with E-state index in [9.17, 15) is 9.90 Å². The molecule has 2 aliphatic rings. The molecule has 3 rings (SSSR count). The molecule has 0 bridgehead atoms.